The fourth-order valence-electron chi connectivity index (χ4n) is 1.69. The highest BCUT2D eigenvalue weighted by atomic mass is 32.2. The first-order valence-corrected chi connectivity index (χ1v) is 8.18. The van der Waals surface area contributed by atoms with Crippen LogP contribution in [0.15, 0.2) is 23.1 Å². The van der Waals surface area contributed by atoms with Gasteiger partial charge < -0.3 is 21.5 Å². The van der Waals surface area contributed by atoms with Crippen molar-refractivity contribution in [2.45, 2.75) is 17.7 Å². The average Bonchev–Trinajstić information content (AvgIpc) is 2.47. The molecule has 0 saturated heterocycles. The number of carboxylic acids is 1. The van der Waals surface area contributed by atoms with Crippen molar-refractivity contribution in [3.8, 4) is 0 Å². The van der Waals surface area contributed by atoms with Crippen molar-refractivity contribution in [3.05, 3.63) is 23.8 Å². The largest absolute Gasteiger partial charge is 0.481 e. The smallest absolute Gasteiger partial charge is 0.303 e. The molecule has 2 amide bonds. The number of carbonyl (C=O) groups excluding carboxylic acids is 2. The Balaban J connectivity index is 2.53. The van der Waals surface area contributed by atoms with Gasteiger partial charge in [0.2, 0.25) is 5.91 Å². The lowest BCUT2D eigenvalue weighted by Crippen LogP contribution is -2.34. The lowest BCUT2D eigenvalue weighted by molar-refractivity contribution is -0.138. The van der Waals surface area contributed by atoms with E-state index in [1.54, 1.807) is 0 Å². The van der Waals surface area contributed by atoms with Gasteiger partial charge in [0.25, 0.3) is 16.0 Å². The summed E-state index contributed by atoms with van der Waals surface area (Å²) in [6.07, 6.45) is -0.462. The molecule has 0 aliphatic heterocycles. The van der Waals surface area contributed by atoms with Gasteiger partial charge in [0.15, 0.2) is 0 Å². The van der Waals surface area contributed by atoms with Gasteiger partial charge in [0.05, 0.1) is 11.3 Å². The second-order valence-corrected chi connectivity index (χ2v) is 6.19. The van der Waals surface area contributed by atoms with E-state index in [1.165, 1.54) is 6.07 Å². The first-order valence-electron chi connectivity index (χ1n) is 6.74. The van der Waals surface area contributed by atoms with Gasteiger partial charge >= 0.3 is 5.97 Å². The summed E-state index contributed by atoms with van der Waals surface area (Å²) in [6, 6.07) is 3.21. The third-order valence-corrected chi connectivity index (χ3v) is 3.62. The summed E-state index contributed by atoms with van der Waals surface area (Å²) in [5.74, 6) is -2.20. The predicted molar refractivity (Wildman–Crippen MR) is 82.9 cm³/mol. The van der Waals surface area contributed by atoms with Gasteiger partial charge in [-0.25, -0.2) is 0 Å². The molecule has 0 aromatic heterocycles. The molecule has 11 heteroatoms. The van der Waals surface area contributed by atoms with E-state index in [2.05, 4.69) is 10.6 Å². The number of carbonyl (C=O) groups is 3. The van der Waals surface area contributed by atoms with E-state index in [0.717, 1.165) is 12.1 Å². The van der Waals surface area contributed by atoms with Crippen molar-refractivity contribution < 1.29 is 32.5 Å². The molecule has 0 aliphatic rings. The second kappa shape index (κ2) is 8.26. The number of aliphatic carboxylic acids is 1. The first kappa shape index (κ1) is 19.4. The summed E-state index contributed by atoms with van der Waals surface area (Å²) in [5.41, 5.74) is 5.40. The Hall–Kier alpha value is -2.66. The van der Waals surface area contributed by atoms with Crippen molar-refractivity contribution >= 4 is 33.6 Å². The number of nitrogen functional groups attached to an aromatic ring is 1. The van der Waals surface area contributed by atoms with Crippen LogP contribution in [0.4, 0.5) is 5.69 Å². The van der Waals surface area contributed by atoms with E-state index < -0.39 is 32.8 Å². The summed E-state index contributed by atoms with van der Waals surface area (Å²) < 4.78 is 31.1. The SMILES string of the molecule is Nc1cc(C(=O)NCCNC(=O)CCC(=O)O)cc(S(=O)(=O)O)c1. The van der Waals surface area contributed by atoms with E-state index in [9.17, 15) is 22.8 Å². The minimum atomic E-state index is -4.50. The van der Waals surface area contributed by atoms with Gasteiger partial charge in [-0.05, 0) is 18.2 Å². The highest BCUT2D eigenvalue weighted by molar-refractivity contribution is 7.85. The molecule has 0 saturated carbocycles. The van der Waals surface area contributed by atoms with Crippen molar-refractivity contribution in [1.29, 1.82) is 0 Å². The lowest BCUT2D eigenvalue weighted by atomic mass is 10.2. The summed E-state index contributed by atoms with van der Waals surface area (Å²) >= 11 is 0. The van der Waals surface area contributed by atoms with Gasteiger partial charge in [0.1, 0.15) is 0 Å². The van der Waals surface area contributed by atoms with Gasteiger partial charge in [-0.3, -0.25) is 18.9 Å². The minimum Gasteiger partial charge on any atom is -0.481 e. The maximum Gasteiger partial charge on any atom is 0.303 e. The Morgan fingerprint density at radius 2 is 1.67 bits per heavy atom. The van der Waals surface area contributed by atoms with E-state index in [4.69, 9.17) is 15.4 Å². The van der Waals surface area contributed by atoms with E-state index in [-0.39, 0.29) is 37.2 Å². The first-order chi connectivity index (χ1) is 11.1. The van der Waals surface area contributed by atoms with Crippen LogP contribution in [0.5, 0.6) is 0 Å². The summed E-state index contributed by atoms with van der Waals surface area (Å²) in [5, 5.41) is 13.3. The molecule has 1 aromatic carbocycles. The quantitative estimate of drug-likeness (QED) is 0.228. The molecule has 0 fully saturated rings. The Labute approximate surface area is 137 Å². The fraction of sp³-hybridized carbons (Fsp3) is 0.308. The van der Waals surface area contributed by atoms with E-state index in [1.807, 2.05) is 0 Å². The van der Waals surface area contributed by atoms with Gasteiger partial charge in [-0.2, -0.15) is 8.42 Å². The molecule has 0 atom stereocenters. The monoisotopic (exact) mass is 359 g/mol. The Bertz CT molecular complexity index is 746. The highest BCUT2D eigenvalue weighted by Crippen LogP contribution is 2.16. The molecule has 132 valence electrons. The fourth-order valence-corrected chi connectivity index (χ4v) is 2.25. The van der Waals surface area contributed by atoms with E-state index in [0.29, 0.717) is 0 Å². The van der Waals surface area contributed by atoms with Crippen LogP contribution in [-0.2, 0) is 19.7 Å². The zero-order valence-electron chi connectivity index (χ0n) is 12.5. The molecule has 0 bridgehead atoms. The van der Waals surface area contributed by atoms with Crippen LogP contribution >= 0.6 is 0 Å². The van der Waals surface area contributed by atoms with Gasteiger partial charge in [-0.15, -0.1) is 0 Å². The molecule has 0 unspecified atom stereocenters. The summed E-state index contributed by atoms with van der Waals surface area (Å²) in [6.45, 7) is 0.102. The lowest BCUT2D eigenvalue weighted by Gasteiger charge is -2.08. The van der Waals surface area contributed by atoms with Crippen molar-refractivity contribution in [2.75, 3.05) is 18.8 Å². The van der Waals surface area contributed by atoms with Crippen LogP contribution in [-0.4, -0.2) is 49.0 Å². The van der Waals surface area contributed by atoms with Gasteiger partial charge in [0, 0.05) is 30.8 Å². The number of rotatable bonds is 8. The molecule has 0 spiro atoms. The summed E-state index contributed by atoms with van der Waals surface area (Å²) in [4.78, 5) is 33.0. The Morgan fingerprint density at radius 3 is 2.25 bits per heavy atom. The van der Waals surface area contributed by atoms with E-state index >= 15 is 0 Å². The maximum atomic E-state index is 11.9. The highest BCUT2D eigenvalue weighted by Gasteiger charge is 2.15. The zero-order valence-corrected chi connectivity index (χ0v) is 13.3. The number of anilines is 1. The number of hydrogen-bond acceptors (Lipinski definition) is 6. The molecule has 0 aliphatic carbocycles. The topological polar surface area (TPSA) is 176 Å². The number of amides is 2. The van der Waals surface area contributed by atoms with Crippen LogP contribution in [0.3, 0.4) is 0 Å². The number of hydrogen-bond donors (Lipinski definition) is 5. The Kier molecular flexibility index (Phi) is 6.68. The summed E-state index contributed by atoms with van der Waals surface area (Å²) in [7, 11) is -4.50. The van der Waals surface area contributed by atoms with Gasteiger partial charge in [-0.1, -0.05) is 0 Å². The van der Waals surface area contributed by atoms with Crippen molar-refractivity contribution in [3.63, 3.8) is 0 Å². The maximum absolute atomic E-state index is 11.9. The molecular formula is C13H17N3O7S. The molecular weight excluding hydrogens is 342 g/mol. The van der Waals surface area contributed by atoms with Crippen LogP contribution < -0.4 is 16.4 Å². The predicted octanol–water partition coefficient (Wildman–Crippen LogP) is -0.774. The third kappa shape index (κ3) is 6.62. The molecule has 1 aromatic rings. The van der Waals surface area contributed by atoms with Crippen LogP contribution in [0.25, 0.3) is 0 Å². The van der Waals surface area contributed by atoms with Crippen LogP contribution in [0, 0.1) is 0 Å². The molecule has 0 radical (unpaired) electrons. The molecule has 0 heterocycles. The number of carboxylic acid groups (broad SMARTS) is 1. The molecule has 10 nitrogen and oxygen atoms in total. The molecule has 1 rings (SSSR count). The normalized spacial score (nSPS) is 10.9. The van der Waals surface area contributed by atoms with Crippen LogP contribution in [0.1, 0.15) is 23.2 Å². The third-order valence-electron chi connectivity index (χ3n) is 2.79. The molecule has 6 N–H and O–H groups in total. The number of nitrogens with two attached hydrogens (primary N) is 1. The standard InChI is InChI=1S/C13H17N3O7S/c14-9-5-8(6-10(7-9)24(21,22)23)13(20)16-4-3-15-11(17)1-2-12(18)19/h5-7H,1-4,14H2,(H,15,17)(H,16,20)(H,18,19)(H,21,22,23). The Morgan fingerprint density at radius 1 is 1.04 bits per heavy atom. The second-order valence-electron chi connectivity index (χ2n) is 4.77. The number of benzene rings is 1. The zero-order chi connectivity index (χ0) is 18.3. The average molecular weight is 359 g/mol. The van der Waals surface area contributed by atoms with Crippen LogP contribution in [0.2, 0.25) is 0 Å². The number of nitrogens with one attached hydrogen (secondary N) is 2. The van der Waals surface area contributed by atoms with Crippen molar-refractivity contribution in [2.24, 2.45) is 0 Å². The molecule has 24 heavy (non-hydrogen) atoms. The minimum absolute atomic E-state index is 0.0164. The van der Waals surface area contributed by atoms with Crippen molar-refractivity contribution in [1.82, 2.24) is 10.6 Å².